The highest BCUT2D eigenvalue weighted by atomic mass is 35.5. The molecule has 2 rings (SSSR count). The van der Waals surface area contributed by atoms with Crippen molar-refractivity contribution in [1.29, 1.82) is 0 Å². The molecule has 0 aromatic heterocycles. The first-order valence-corrected chi connectivity index (χ1v) is 7.66. The van der Waals surface area contributed by atoms with E-state index in [1.165, 1.54) is 5.56 Å². The van der Waals surface area contributed by atoms with Gasteiger partial charge in [0, 0.05) is 11.6 Å². The molecule has 2 aromatic rings. The van der Waals surface area contributed by atoms with Crippen LogP contribution in [0.15, 0.2) is 42.5 Å². The average Bonchev–Trinajstić information content (AvgIpc) is 2.44. The SMILES string of the molecule is Cc1cc(CNCC(C)C)ccc1Oc1ccc(Cl)cc1. The number of ether oxygens (including phenoxy) is 1. The van der Waals surface area contributed by atoms with Crippen molar-refractivity contribution in [3.8, 4) is 11.5 Å². The third kappa shape index (κ3) is 5.07. The lowest BCUT2D eigenvalue weighted by atomic mass is 10.1. The van der Waals surface area contributed by atoms with Gasteiger partial charge in [-0.25, -0.2) is 0 Å². The number of hydrogen-bond donors (Lipinski definition) is 1. The normalized spacial score (nSPS) is 10.9. The second-order valence-corrected chi connectivity index (χ2v) is 6.12. The Balaban J connectivity index is 2.00. The molecule has 0 amide bonds. The quantitative estimate of drug-likeness (QED) is 0.793. The molecule has 3 heteroatoms. The molecule has 112 valence electrons. The molecule has 2 nitrogen and oxygen atoms in total. The van der Waals surface area contributed by atoms with E-state index >= 15 is 0 Å². The number of aryl methyl sites for hydroxylation is 1. The van der Waals surface area contributed by atoms with E-state index in [-0.39, 0.29) is 0 Å². The molecule has 0 radical (unpaired) electrons. The molecular formula is C18H22ClNO. The summed E-state index contributed by atoms with van der Waals surface area (Å²) in [6, 6.07) is 13.7. The number of nitrogens with one attached hydrogen (secondary N) is 1. The summed E-state index contributed by atoms with van der Waals surface area (Å²) in [4.78, 5) is 0. The highest BCUT2D eigenvalue weighted by molar-refractivity contribution is 6.30. The topological polar surface area (TPSA) is 21.3 Å². The summed E-state index contributed by atoms with van der Waals surface area (Å²) in [6.07, 6.45) is 0. The van der Waals surface area contributed by atoms with Crippen molar-refractivity contribution >= 4 is 11.6 Å². The summed E-state index contributed by atoms with van der Waals surface area (Å²) in [7, 11) is 0. The first-order valence-electron chi connectivity index (χ1n) is 7.28. The Morgan fingerprint density at radius 1 is 1.10 bits per heavy atom. The van der Waals surface area contributed by atoms with Gasteiger partial charge < -0.3 is 10.1 Å². The van der Waals surface area contributed by atoms with Crippen LogP contribution in [-0.4, -0.2) is 6.54 Å². The van der Waals surface area contributed by atoms with Gasteiger partial charge in [-0.2, -0.15) is 0 Å². The number of rotatable bonds is 6. The maximum atomic E-state index is 5.88. The van der Waals surface area contributed by atoms with E-state index in [4.69, 9.17) is 16.3 Å². The molecule has 0 aliphatic rings. The number of benzene rings is 2. The van der Waals surface area contributed by atoms with E-state index in [1.807, 2.05) is 30.3 Å². The molecule has 0 unspecified atom stereocenters. The minimum absolute atomic E-state index is 0.665. The molecule has 21 heavy (non-hydrogen) atoms. The van der Waals surface area contributed by atoms with E-state index in [0.717, 1.165) is 30.2 Å². The summed E-state index contributed by atoms with van der Waals surface area (Å²) < 4.78 is 5.88. The second-order valence-electron chi connectivity index (χ2n) is 5.68. The molecule has 0 bridgehead atoms. The third-order valence-corrected chi connectivity index (χ3v) is 3.41. The van der Waals surface area contributed by atoms with Crippen molar-refractivity contribution in [3.05, 3.63) is 58.6 Å². The smallest absolute Gasteiger partial charge is 0.130 e. The number of hydrogen-bond acceptors (Lipinski definition) is 2. The maximum absolute atomic E-state index is 5.88. The summed E-state index contributed by atoms with van der Waals surface area (Å²) in [5.74, 6) is 2.34. The lowest BCUT2D eigenvalue weighted by Gasteiger charge is -2.12. The standard InChI is InChI=1S/C18H22ClNO/c1-13(2)11-20-12-15-4-9-18(14(3)10-15)21-17-7-5-16(19)6-8-17/h4-10,13,20H,11-12H2,1-3H3. The van der Waals surface area contributed by atoms with Crippen LogP contribution in [0.5, 0.6) is 11.5 Å². The van der Waals surface area contributed by atoms with Crippen molar-refractivity contribution in [2.24, 2.45) is 5.92 Å². The monoisotopic (exact) mass is 303 g/mol. The van der Waals surface area contributed by atoms with Crippen LogP contribution in [0.4, 0.5) is 0 Å². The Kier molecular flexibility index (Phi) is 5.66. The van der Waals surface area contributed by atoms with Gasteiger partial charge in [-0.3, -0.25) is 0 Å². The predicted octanol–water partition coefficient (Wildman–Crippen LogP) is 5.19. The summed E-state index contributed by atoms with van der Waals surface area (Å²) >= 11 is 5.87. The highest BCUT2D eigenvalue weighted by Crippen LogP contribution is 2.26. The largest absolute Gasteiger partial charge is 0.457 e. The van der Waals surface area contributed by atoms with Crippen LogP contribution in [0.25, 0.3) is 0 Å². The van der Waals surface area contributed by atoms with Crippen molar-refractivity contribution in [1.82, 2.24) is 5.32 Å². The fourth-order valence-electron chi connectivity index (χ4n) is 2.07. The Hall–Kier alpha value is -1.51. The molecule has 0 heterocycles. The summed E-state index contributed by atoms with van der Waals surface area (Å²) in [6.45, 7) is 8.40. The van der Waals surface area contributed by atoms with Gasteiger partial charge in [0.2, 0.25) is 0 Å². The molecule has 0 aliphatic carbocycles. The summed E-state index contributed by atoms with van der Waals surface area (Å²) in [5.41, 5.74) is 2.41. The summed E-state index contributed by atoms with van der Waals surface area (Å²) in [5, 5.41) is 4.16. The van der Waals surface area contributed by atoms with Crippen LogP contribution in [0.2, 0.25) is 5.02 Å². The third-order valence-electron chi connectivity index (χ3n) is 3.16. The predicted molar refractivity (Wildman–Crippen MR) is 89.2 cm³/mol. The van der Waals surface area contributed by atoms with Crippen LogP contribution in [0.1, 0.15) is 25.0 Å². The number of halogens is 1. The molecule has 0 saturated heterocycles. The zero-order valence-corrected chi connectivity index (χ0v) is 13.6. The van der Waals surface area contributed by atoms with Gasteiger partial charge in [0.25, 0.3) is 0 Å². The van der Waals surface area contributed by atoms with Gasteiger partial charge in [-0.05, 0) is 60.8 Å². The van der Waals surface area contributed by atoms with E-state index in [1.54, 1.807) is 0 Å². The highest BCUT2D eigenvalue weighted by Gasteiger charge is 2.03. The van der Waals surface area contributed by atoms with E-state index in [9.17, 15) is 0 Å². The molecule has 0 fully saturated rings. The van der Waals surface area contributed by atoms with E-state index in [0.29, 0.717) is 10.9 Å². The molecule has 0 spiro atoms. The molecule has 2 aromatic carbocycles. The molecule has 1 N–H and O–H groups in total. The fourth-order valence-corrected chi connectivity index (χ4v) is 2.20. The van der Waals surface area contributed by atoms with Crippen LogP contribution in [-0.2, 0) is 6.54 Å². The van der Waals surface area contributed by atoms with Crippen molar-refractivity contribution < 1.29 is 4.74 Å². The minimum atomic E-state index is 0.665. The Morgan fingerprint density at radius 3 is 2.43 bits per heavy atom. The first-order chi connectivity index (χ1) is 10.0. The Bertz CT molecular complexity index is 578. The molecule has 0 aliphatic heterocycles. The Morgan fingerprint density at radius 2 is 1.81 bits per heavy atom. The van der Waals surface area contributed by atoms with Crippen molar-refractivity contribution in [3.63, 3.8) is 0 Å². The van der Waals surface area contributed by atoms with Gasteiger partial charge in [0.05, 0.1) is 0 Å². The minimum Gasteiger partial charge on any atom is -0.457 e. The Labute approximate surface area is 132 Å². The molecular weight excluding hydrogens is 282 g/mol. The molecule has 0 atom stereocenters. The van der Waals surface area contributed by atoms with Gasteiger partial charge in [0.15, 0.2) is 0 Å². The van der Waals surface area contributed by atoms with Crippen molar-refractivity contribution in [2.75, 3.05) is 6.54 Å². The molecule has 0 saturated carbocycles. The average molecular weight is 304 g/mol. The van der Waals surface area contributed by atoms with Crippen molar-refractivity contribution in [2.45, 2.75) is 27.3 Å². The fraction of sp³-hybridized carbons (Fsp3) is 0.333. The van der Waals surface area contributed by atoms with E-state index < -0.39 is 0 Å². The van der Waals surface area contributed by atoms with Crippen LogP contribution in [0, 0.1) is 12.8 Å². The zero-order valence-electron chi connectivity index (χ0n) is 12.8. The van der Waals surface area contributed by atoms with Gasteiger partial charge in [-0.1, -0.05) is 37.6 Å². The maximum Gasteiger partial charge on any atom is 0.130 e. The van der Waals surface area contributed by atoms with Gasteiger partial charge in [-0.15, -0.1) is 0 Å². The van der Waals surface area contributed by atoms with E-state index in [2.05, 4.69) is 38.2 Å². The van der Waals surface area contributed by atoms with Gasteiger partial charge in [0.1, 0.15) is 11.5 Å². The zero-order chi connectivity index (χ0) is 15.2. The van der Waals surface area contributed by atoms with Gasteiger partial charge >= 0.3 is 0 Å². The second kappa shape index (κ2) is 7.48. The van der Waals surface area contributed by atoms with Crippen LogP contribution < -0.4 is 10.1 Å². The lowest BCUT2D eigenvalue weighted by molar-refractivity contribution is 0.478. The lowest BCUT2D eigenvalue weighted by Crippen LogP contribution is -2.18. The first kappa shape index (κ1) is 15.9. The van der Waals surface area contributed by atoms with Crippen LogP contribution >= 0.6 is 11.6 Å². The van der Waals surface area contributed by atoms with Crippen LogP contribution in [0.3, 0.4) is 0 Å².